The summed E-state index contributed by atoms with van der Waals surface area (Å²) in [4.78, 5) is 0. The van der Waals surface area contributed by atoms with E-state index >= 15 is 0 Å². The predicted octanol–water partition coefficient (Wildman–Crippen LogP) is 1.93. The zero-order valence-corrected chi connectivity index (χ0v) is 9.37. The first-order valence-corrected chi connectivity index (χ1v) is 5.02. The molecule has 0 spiro atoms. The van der Waals surface area contributed by atoms with Gasteiger partial charge in [0.05, 0.1) is 5.69 Å². The third kappa shape index (κ3) is 3.12. The maximum Gasteiger partial charge on any atom is 0.146 e. The Morgan fingerprint density at radius 1 is 1.62 bits per heavy atom. The van der Waals surface area contributed by atoms with Crippen LogP contribution in [0.1, 0.15) is 12.5 Å². The minimum atomic E-state index is -0.308. The maximum atomic E-state index is 13.3. The Morgan fingerprint density at radius 2 is 2.31 bits per heavy atom. The molecule has 16 heavy (non-hydrogen) atoms. The lowest BCUT2D eigenvalue weighted by molar-refractivity contribution is 0.315. The number of aryl methyl sites for hydroxylation is 1. The van der Waals surface area contributed by atoms with E-state index in [1.165, 1.54) is 6.07 Å². The fourth-order valence-electron chi connectivity index (χ4n) is 1.24. The second kappa shape index (κ2) is 5.34. The van der Waals surface area contributed by atoms with Crippen LogP contribution < -0.4 is 11.1 Å². The van der Waals surface area contributed by atoms with Gasteiger partial charge >= 0.3 is 0 Å². The Labute approximate surface area is 94.0 Å². The second-order valence-electron chi connectivity index (χ2n) is 3.79. The van der Waals surface area contributed by atoms with Gasteiger partial charge in [-0.25, -0.2) is 4.39 Å². The first-order valence-electron chi connectivity index (χ1n) is 5.02. The van der Waals surface area contributed by atoms with E-state index in [-0.39, 0.29) is 17.6 Å². The van der Waals surface area contributed by atoms with Gasteiger partial charge < -0.3 is 16.3 Å². The molecule has 0 saturated carbocycles. The third-order valence-corrected chi connectivity index (χ3v) is 2.34. The minimum Gasteiger partial charge on any atom is -0.409 e. The number of halogens is 1. The molecular formula is C11H16FN3O. The summed E-state index contributed by atoms with van der Waals surface area (Å²) >= 11 is 0. The van der Waals surface area contributed by atoms with Crippen LogP contribution in [0, 0.1) is 18.7 Å². The van der Waals surface area contributed by atoms with Gasteiger partial charge in [0.25, 0.3) is 0 Å². The highest BCUT2D eigenvalue weighted by molar-refractivity contribution is 5.82. The molecule has 0 aliphatic rings. The second-order valence-corrected chi connectivity index (χ2v) is 3.79. The summed E-state index contributed by atoms with van der Waals surface area (Å²) in [6, 6.07) is 4.83. The summed E-state index contributed by atoms with van der Waals surface area (Å²) < 4.78 is 13.3. The van der Waals surface area contributed by atoms with Crippen molar-refractivity contribution in [2.45, 2.75) is 13.8 Å². The lowest BCUT2D eigenvalue weighted by atomic mass is 10.1. The zero-order chi connectivity index (χ0) is 12.1. The highest BCUT2D eigenvalue weighted by Gasteiger charge is 2.08. The number of nitrogens with two attached hydrogens (primary N) is 1. The van der Waals surface area contributed by atoms with Gasteiger partial charge in [-0.15, -0.1) is 0 Å². The predicted molar refractivity (Wildman–Crippen MR) is 62.2 cm³/mol. The van der Waals surface area contributed by atoms with Crippen molar-refractivity contribution < 1.29 is 9.60 Å². The van der Waals surface area contributed by atoms with Crippen molar-refractivity contribution in [1.82, 2.24) is 0 Å². The van der Waals surface area contributed by atoms with Crippen molar-refractivity contribution in [3.63, 3.8) is 0 Å². The highest BCUT2D eigenvalue weighted by Crippen LogP contribution is 2.15. The molecule has 0 aromatic heterocycles. The lowest BCUT2D eigenvalue weighted by Crippen LogP contribution is -2.27. The fourth-order valence-corrected chi connectivity index (χ4v) is 1.24. The van der Waals surface area contributed by atoms with Crippen LogP contribution in [0.25, 0.3) is 0 Å². The smallest absolute Gasteiger partial charge is 0.146 e. The van der Waals surface area contributed by atoms with Crippen LogP contribution in [0.2, 0.25) is 0 Å². The largest absolute Gasteiger partial charge is 0.409 e. The van der Waals surface area contributed by atoms with E-state index in [1.54, 1.807) is 19.1 Å². The molecule has 4 N–H and O–H groups in total. The van der Waals surface area contributed by atoms with Crippen LogP contribution >= 0.6 is 0 Å². The Morgan fingerprint density at radius 3 is 2.94 bits per heavy atom. The topological polar surface area (TPSA) is 70.6 Å². The monoisotopic (exact) mass is 225 g/mol. The van der Waals surface area contributed by atoms with E-state index in [1.807, 2.05) is 6.92 Å². The average Bonchev–Trinajstić information content (AvgIpc) is 2.28. The summed E-state index contributed by atoms with van der Waals surface area (Å²) in [7, 11) is 0. The van der Waals surface area contributed by atoms with E-state index < -0.39 is 0 Å². The van der Waals surface area contributed by atoms with E-state index in [0.717, 1.165) is 5.56 Å². The van der Waals surface area contributed by atoms with Gasteiger partial charge in [-0.1, -0.05) is 18.1 Å². The Bertz CT molecular complexity index is 393. The molecule has 4 nitrogen and oxygen atoms in total. The summed E-state index contributed by atoms with van der Waals surface area (Å²) in [5, 5.41) is 14.3. The fraction of sp³-hybridized carbons (Fsp3) is 0.364. The van der Waals surface area contributed by atoms with Gasteiger partial charge in [-0.3, -0.25) is 0 Å². The first kappa shape index (κ1) is 12.3. The number of oxime groups is 1. The summed E-state index contributed by atoms with van der Waals surface area (Å²) in [5.41, 5.74) is 6.82. The van der Waals surface area contributed by atoms with Crippen molar-refractivity contribution in [1.29, 1.82) is 0 Å². The summed E-state index contributed by atoms with van der Waals surface area (Å²) in [6.45, 7) is 4.09. The van der Waals surface area contributed by atoms with Crippen LogP contribution in [-0.2, 0) is 0 Å². The van der Waals surface area contributed by atoms with Crippen LogP contribution in [0.4, 0.5) is 10.1 Å². The number of hydrogen-bond acceptors (Lipinski definition) is 3. The van der Waals surface area contributed by atoms with Gasteiger partial charge in [0.1, 0.15) is 11.7 Å². The molecule has 5 heteroatoms. The number of anilines is 1. The number of nitrogens with one attached hydrogen (secondary N) is 1. The van der Waals surface area contributed by atoms with E-state index in [2.05, 4.69) is 10.5 Å². The number of benzene rings is 1. The van der Waals surface area contributed by atoms with Crippen molar-refractivity contribution in [3.8, 4) is 0 Å². The van der Waals surface area contributed by atoms with Crippen molar-refractivity contribution in [2.75, 3.05) is 11.9 Å². The molecular weight excluding hydrogens is 209 g/mol. The Kier molecular flexibility index (Phi) is 4.10. The molecule has 0 saturated heterocycles. The van der Waals surface area contributed by atoms with Gasteiger partial charge in [-0.2, -0.15) is 0 Å². The van der Waals surface area contributed by atoms with E-state index in [0.29, 0.717) is 12.2 Å². The molecule has 0 radical (unpaired) electrons. The summed E-state index contributed by atoms with van der Waals surface area (Å²) in [5.74, 6) is -0.345. The summed E-state index contributed by atoms with van der Waals surface area (Å²) in [6.07, 6.45) is 0. The molecule has 0 bridgehead atoms. The van der Waals surface area contributed by atoms with E-state index in [9.17, 15) is 4.39 Å². The standard InChI is InChI=1S/C11H16FN3O/c1-7-3-4-9(12)10(5-7)14-6-8(2)11(13)15-16/h3-5,8,14,16H,6H2,1-2H3,(H2,13,15). The highest BCUT2D eigenvalue weighted by atomic mass is 19.1. The zero-order valence-electron chi connectivity index (χ0n) is 9.37. The molecule has 1 atom stereocenters. The average molecular weight is 225 g/mol. The molecule has 0 heterocycles. The van der Waals surface area contributed by atoms with Gasteiger partial charge in [0, 0.05) is 12.5 Å². The molecule has 0 aliphatic carbocycles. The van der Waals surface area contributed by atoms with Gasteiger partial charge in [0.15, 0.2) is 0 Å². The van der Waals surface area contributed by atoms with Gasteiger partial charge in [0.2, 0.25) is 0 Å². The van der Waals surface area contributed by atoms with Crippen LogP contribution in [-0.4, -0.2) is 17.6 Å². The lowest BCUT2D eigenvalue weighted by Gasteiger charge is -2.13. The van der Waals surface area contributed by atoms with Crippen LogP contribution in [0.5, 0.6) is 0 Å². The Balaban J connectivity index is 2.64. The molecule has 0 aliphatic heterocycles. The SMILES string of the molecule is Cc1ccc(F)c(NCC(C)C(N)=NO)c1. The van der Waals surface area contributed by atoms with Crippen molar-refractivity contribution >= 4 is 11.5 Å². The maximum absolute atomic E-state index is 13.3. The van der Waals surface area contributed by atoms with Crippen molar-refractivity contribution in [2.24, 2.45) is 16.8 Å². The normalized spacial score (nSPS) is 13.6. The van der Waals surface area contributed by atoms with Crippen LogP contribution in [0.3, 0.4) is 0 Å². The number of rotatable bonds is 4. The third-order valence-electron chi connectivity index (χ3n) is 2.34. The van der Waals surface area contributed by atoms with E-state index in [4.69, 9.17) is 10.9 Å². The number of hydrogen-bond donors (Lipinski definition) is 3. The number of nitrogens with zero attached hydrogens (tertiary/aromatic N) is 1. The molecule has 1 rings (SSSR count). The molecule has 0 amide bonds. The number of amidine groups is 1. The quantitative estimate of drug-likeness (QED) is 0.317. The molecule has 1 aromatic carbocycles. The van der Waals surface area contributed by atoms with Gasteiger partial charge in [-0.05, 0) is 24.6 Å². The molecule has 0 fully saturated rings. The van der Waals surface area contributed by atoms with Crippen molar-refractivity contribution in [3.05, 3.63) is 29.6 Å². The minimum absolute atomic E-state index is 0.126. The molecule has 1 unspecified atom stereocenters. The molecule has 88 valence electrons. The molecule has 1 aromatic rings. The Hall–Kier alpha value is -1.78. The van der Waals surface area contributed by atoms with Crippen LogP contribution in [0.15, 0.2) is 23.4 Å². The first-order chi connectivity index (χ1) is 7.54.